The second-order valence-corrected chi connectivity index (χ2v) is 5.96. The third-order valence-electron chi connectivity index (χ3n) is 4.41. The Morgan fingerprint density at radius 2 is 2.05 bits per heavy atom. The molecule has 1 amide bonds. The van der Waals surface area contributed by atoms with Crippen LogP contribution >= 0.6 is 0 Å². The van der Waals surface area contributed by atoms with Gasteiger partial charge in [0.05, 0.1) is 13.2 Å². The fourth-order valence-electron chi connectivity index (χ4n) is 2.70. The van der Waals surface area contributed by atoms with Crippen molar-refractivity contribution in [1.29, 1.82) is 0 Å². The average molecular weight is 290 g/mol. The van der Waals surface area contributed by atoms with Crippen molar-refractivity contribution in [3.05, 3.63) is 35.4 Å². The van der Waals surface area contributed by atoms with Gasteiger partial charge in [-0.15, -0.1) is 0 Å². The zero-order valence-corrected chi connectivity index (χ0v) is 13.1. The molecule has 0 aliphatic heterocycles. The molecule has 4 heteroatoms. The van der Waals surface area contributed by atoms with E-state index in [0.717, 1.165) is 12.8 Å². The smallest absolute Gasteiger partial charge is 0.236 e. The first kappa shape index (κ1) is 16.0. The van der Waals surface area contributed by atoms with Crippen molar-refractivity contribution in [2.24, 2.45) is 0 Å². The number of nitrogens with zero attached hydrogens (tertiary/aromatic N) is 2. The minimum absolute atomic E-state index is 0.116. The van der Waals surface area contributed by atoms with Crippen molar-refractivity contribution in [3.63, 3.8) is 0 Å². The molecular weight excluding hydrogens is 264 g/mol. The molecule has 2 rings (SSSR count). The van der Waals surface area contributed by atoms with E-state index < -0.39 is 0 Å². The average Bonchev–Trinajstić information content (AvgIpc) is 2.39. The fourth-order valence-corrected chi connectivity index (χ4v) is 2.70. The lowest BCUT2D eigenvalue weighted by atomic mass is 9.91. The lowest BCUT2D eigenvalue weighted by Gasteiger charge is -2.37. The number of aliphatic hydroxyl groups is 1. The third kappa shape index (κ3) is 4.29. The molecule has 1 aromatic carbocycles. The number of benzene rings is 1. The van der Waals surface area contributed by atoms with Crippen molar-refractivity contribution in [2.75, 3.05) is 26.7 Å². The molecule has 1 saturated carbocycles. The van der Waals surface area contributed by atoms with E-state index in [-0.39, 0.29) is 12.5 Å². The number of aliphatic hydroxyl groups excluding tert-OH is 1. The Morgan fingerprint density at radius 1 is 1.33 bits per heavy atom. The predicted molar refractivity (Wildman–Crippen MR) is 84.0 cm³/mol. The van der Waals surface area contributed by atoms with Crippen LogP contribution in [0.1, 0.15) is 30.4 Å². The fraction of sp³-hybridized carbons (Fsp3) is 0.588. The first-order valence-corrected chi connectivity index (χ1v) is 7.75. The molecule has 0 spiro atoms. The van der Waals surface area contributed by atoms with Crippen LogP contribution in [-0.4, -0.2) is 53.6 Å². The van der Waals surface area contributed by atoms with Crippen LogP contribution in [0.5, 0.6) is 0 Å². The maximum absolute atomic E-state index is 12.4. The van der Waals surface area contributed by atoms with Gasteiger partial charge in [-0.05, 0) is 30.9 Å². The molecule has 1 fully saturated rings. The minimum atomic E-state index is 0.116. The molecule has 1 aliphatic carbocycles. The van der Waals surface area contributed by atoms with E-state index in [1.165, 1.54) is 17.5 Å². The number of rotatable bonds is 7. The van der Waals surface area contributed by atoms with Gasteiger partial charge in [-0.25, -0.2) is 0 Å². The highest BCUT2D eigenvalue weighted by atomic mass is 16.3. The van der Waals surface area contributed by atoms with Crippen LogP contribution in [0, 0.1) is 6.92 Å². The molecule has 4 nitrogen and oxygen atoms in total. The highest BCUT2D eigenvalue weighted by Crippen LogP contribution is 2.24. The third-order valence-corrected chi connectivity index (χ3v) is 4.41. The van der Waals surface area contributed by atoms with E-state index in [1.54, 1.807) is 4.90 Å². The van der Waals surface area contributed by atoms with E-state index in [1.807, 2.05) is 19.2 Å². The maximum atomic E-state index is 12.4. The van der Waals surface area contributed by atoms with E-state index in [2.05, 4.69) is 24.0 Å². The summed E-state index contributed by atoms with van der Waals surface area (Å²) in [5.41, 5.74) is 2.40. The molecule has 1 N–H and O–H groups in total. The zero-order chi connectivity index (χ0) is 15.2. The summed E-state index contributed by atoms with van der Waals surface area (Å²) in [4.78, 5) is 16.3. The molecule has 116 valence electrons. The van der Waals surface area contributed by atoms with Gasteiger partial charge in [0.2, 0.25) is 5.91 Å². The summed E-state index contributed by atoms with van der Waals surface area (Å²) >= 11 is 0. The number of hydrogen-bond acceptors (Lipinski definition) is 3. The monoisotopic (exact) mass is 290 g/mol. The summed E-state index contributed by atoms with van der Waals surface area (Å²) in [5, 5.41) is 9.16. The highest BCUT2D eigenvalue weighted by Gasteiger charge is 2.26. The molecule has 0 heterocycles. The van der Waals surface area contributed by atoms with Crippen LogP contribution in [0.3, 0.4) is 0 Å². The summed E-state index contributed by atoms with van der Waals surface area (Å²) in [6, 6.07) is 8.64. The van der Waals surface area contributed by atoms with Crippen LogP contribution in [0.2, 0.25) is 0 Å². The number of carbonyl (C=O) groups excluding carboxylic acids is 1. The summed E-state index contributed by atoms with van der Waals surface area (Å²) in [7, 11) is 1.85. The number of amides is 1. The standard InChI is InChI=1S/C17H26N2O2/c1-14-6-3-4-7-15(14)12-18(2)17(21)13-19(10-11-20)16-8-5-9-16/h3-4,6-7,16,20H,5,8-13H2,1-2H3. The molecule has 0 unspecified atom stereocenters. The van der Waals surface area contributed by atoms with Crippen LogP contribution in [-0.2, 0) is 11.3 Å². The second-order valence-electron chi connectivity index (χ2n) is 5.96. The van der Waals surface area contributed by atoms with Crippen LogP contribution in [0.25, 0.3) is 0 Å². The Bertz CT molecular complexity index is 472. The largest absolute Gasteiger partial charge is 0.395 e. The quantitative estimate of drug-likeness (QED) is 0.833. The lowest BCUT2D eigenvalue weighted by molar-refractivity contribution is -0.132. The number of likely N-dealkylation sites (N-methyl/N-ethyl adjacent to an activating group) is 1. The topological polar surface area (TPSA) is 43.8 Å². The summed E-state index contributed by atoms with van der Waals surface area (Å²) in [6.45, 7) is 3.83. The first-order valence-electron chi connectivity index (χ1n) is 7.75. The van der Waals surface area contributed by atoms with Gasteiger partial charge in [0.1, 0.15) is 0 Å². The van der Waals surface area contributed by atoms with Gasteiger partial charge in [0.15, 0.2) is 0 Å². The molecule has 0 aromatic heterocycles. The van der Waals surface area contributed by atoms with Gasteiger partial charge >= 0.3 is 0 Å². The van der Waals surface area contributed by atoms with E-state index >= 15 is 0 Å². The molecule has 0 atom stereocenters. The van der Waals surface area contributed by atoms with Gasteiger partial charge in [0.25, 0.3) is 0 Å². The Hall–Kier alpha value is -1.39. The minimum Gasteiger partial charge on any atom is -0.395 e. The second kappa shape index (κ2) is 7.57. The van der Waals surface area contributed by atoms with Crippen LogP contribution in [0.15, 0.2) is 24.3 Å². The summed E-state index contributed by atoms with van der Waals surface area (Å²) in [6.07, 6.45) is 3.53. The van der Waals surface area contributed by atoms with Crippen molar-refractivity contribution < 1.29 is 9.90 Å². The molecule has 1 aromatic rings. The van der Waals surface area contributed by atoms with Gasteiger partial charge in [-0.1, -0.05) is 30.7 Å². The number of carbonyl (C=O) groups is 1. The molecule has 0 saturated heterocycles. The molecule has 1 aliphatic rings. The molecule has 0 bridgehead atoms. The molecule has 21 heavy (non-hydrogen) atoms. The highest BCUT2D eigenvalue weighted by molar-refractivity contribution is 5.78. The van der Waals surface area contributed by atoms with Gasteiger partial charge in [-0.3, -0.25) is 9.69 Å². The molecule has 0 radical (unpaired) electrons. The Balaban J connectivity index is 1.90. The van der Waals surface area contributed by atoms with Gasteiger partial charge in [-0.2, -0.15) is 0 Å². The van der Waals surface area contributed by atoms with E-state index in [4.69, 9.17) is 5.11 Å². The summed E-state index contributed by atoms with van der Waals surface area (Å²) in [5.74, 6) is 0.124. The molecular formula is C17H26N2O2. The Morgan fingerprint density at radius 3 is 2.62 bits per heavy atom. The maximum Gasteiger partial charge on any atom is 0.236 e. The Kier molecular flexibility index (Phi) is 5.76. The van der Waals surface area contributed by atoms with Gasteiger partial charge < -0.3 is 10.0 Å². The van der Waals surface area contributed by atoms with Crippen molar-refractivity contribution in [1.82, 2.24) is 9.80 Å². The van der Waals surface area contributed by atoms with Crippen molar-refractivity contribution in [3.8, 4) is 0 Å². The number of aryl methyl sites for hydroxylation is 1. The summed E-state index contributed by atoms with van der Waals surface area (Å²) < 4.78 is 0. The number of hydrogen-bond donors (Lipinski definition) is 1. The van der Waals surface area contributed by atoms with E-state index in [0.29, 0.717) is 25.7 Å². The lowest BCUT2D eigenvalue weighted by Crippen LogP contribution is -2.47. The van der Waals surface area contributed by atoms with Gasteiger partial charge in [0, 0.05) is 26.2 Å². The SMILES string of the molecule is Cc1ccccc1CN(C)C(=O)CN(CCO)C1CCC1. The Labute approximate surface area is 127 Å². The zero-order valence-electron chi connectivity index (χ0n) is 13.1. The van der Waals surface area contributed by atoms with Crippen LogP contribution < -0.4 is 0 Å². The van der Waals surface area contributed by atoms with E-state index in [9.17, 15) is 4.79 Å². The predicted octanol–water partition coefficient (Wildman–Crippen LogP) is 1.80. The van der Waals surface area contributed by atoms with Crippen molar-refractivity contribution >= 4 is 5.91 Å². The normalized spacial score (nSPS) is 15.0. The van der Waals surface area contributed by atoms with Crippen LogP contribution in [0.4, 0.5) is 0 Å². The first-order chi connectivity index (χ1) is 10.1. The van der Waals surface area contributed by atoms with Crippen molar-refractivity contribution in [2.45, 2.75) is 38.8 Å².